The molecular formula is C41H54FN5O10S. The molecule has 4 fully saturated rings. The van der Waals surface area contributed by atoms with Gasteiger partial charge in [-0.25, -0.2) is 22.6 Å². The highest BCUT2D eigenvalue weighted by atomic mass is 32.2. The number of aromatic nitrogens is 1. The van der Waals surface area contributed by atoms with Gasteiger partial charge in [-0.15, -0.1) is 0 Å². The smallest absolute Gasteiger partial charge is 0.408 e. The molecule has 3 N–H and O–H groups in total. The molecule has 2 saturated carbocycles. The van der Waals surface area contributed by atoms with Gasteiger partial charge >= 0.3 is 6.09 Å². The van der Waals surface area contributed by atoms with Crippen molar-refractivity contribution in [3.8, 4) is 11.6 Å². The third-order valence-corrected chi connectivity index (χ3v) is 15.0. The summed E-state index contributed by atoms with van der Waals surface area (Å²) < 4.78 is 58.6. The van der Waals surface area contributed by atoms with Gasteiger partial charge in [-0.2, -0.15) is 0 Å². The van der Waals surface area contributed by atoms with Crippen LogP contribution in [0.25, 0.3) is 10.8 Å². The molecule has 15 nitrogen and oxygen atoms in total. The van der Waals surface area contributed by atoms with E-state index >= 15 is 4.79 Å². The molecule has 8 atom stereocenters. The number of methoxy groups -OCH3 is 1. The SMILES string of the molecule is COc1cnc(O[C@@H]2C[C@H]3C(=O)N[C@]4(C(=O)NS(=O)(=O)C5(CF)CC5)C[C@H]4/C=C\CC[C@@H](C)C[C@@H](C)[C@H](N(C(=O)O)C4COC4)C(=O)N3C2C(C)C)c2ccccc12. The van der Waals surface area contributed by atoms with Crippen LogP contribution in [0.15, 0.2) is 42.6 Å². The minimum Gasteiger partial charge on any atom is -0.494 e. The maximum atomic E-state index is 15.5. The van der Waals surface area contributed by atoms with Crippen LogP contribution in [0, 0.1) is 23.7 Å². The zero-order valence-corrected chi connectivity index (χ0v) is 34.4. The molecule has 1 aromatic carbocycles. The van der Waals surface area contributed by atoms with Crippen molar-refractivity contribution >= 4 is 44.6 Å². The summed E-state index contributed by atoms with van der Waals surface area (Å²) >= 11 is 0. The Morgan fingerprint density at radius 2 is 1.86 bits per heavy atom. The molecule has 0 bridgehead atoms. The lowest BCUT2D eigenvalue weighted by molar-refractivity contribution is -0.152. The Bertz CT molecular complexity index is 2080. The summed E-state index contributed by atoms with van der Waals surface area (Å²) in [6.07, 6.45) is 5.07. The summed E-state index contributed by atoms with van der Waals surface area (Å²) in [7, 11) is -2.89. The van der Waals surface area contributed by atoms with Crippen molar-refractivity contribution in [3.05, 3.63) is 42.6 Å². The molecule has 17 heteroatoms. The number of halogens is 1. The van der Waals surface area contributed by atoms with Gasteiger partial charge in [0, 0.05) is 23.1 Å². The number of alkyl halides is 1. The molecule has 0 spiro atoms. The Morgan fingerprint density at radius 1 is 1.16 bits per heavy atom. The first-order chi connectivity index (χ1) is 27.6. The number of hydrogen-bond donors (Lipinski definition) is 3. The number of ether oxygens (including phenoxy) is 3. The van der Waals surface area contributed by atoms with Gasteiger partial charge in [0.1, 0.15) is 40.9 Å². The van der Waals surface area contributed by atoms with Crippen LogP contribution in [0.5, 0.6) is 11.6 Å². The fourth-order valence-corrected chi connectivity index (χ4v) is 10.6. The number of carboxylic acid groups (broad SMARTS) is 1. The second-order valence-corrected chi connectivity index (χ2v) is 19.3. The largest absolute Gasteiger partial charge is 0.494 e. The molecule has 1 aromatic heterocycles. The van der Waals surface area contributed by atoms with Crippen molar-refractivity contribution in [2.24, 2.45) is 23.7 Å². The number of sulfonamides is 1. The Balaban J connectivity index is 1.32. The number of amides is 4. The first-order valence-corrected chi connectivity index (χ1v) is 21.7. The maximum absolute atomic E-state index is 15.5. The van der Waals surface area contributed by atoms with Gasteiger partial charge in [-0.05, 0) is 62.3 Å². The molecule has 7 rings (SSSR count). The van der Waals surface area contributed by atoms with E-state index in [0.717, 1.165) is 5.39 Å². The quantitative estimate of drug-likeness (QED) is 0.291. The Morgan fingerprint density at radius 3 is 2.47 bits per heavy atom. The van der Waals surface area contributed by atoms with Crippen LogP contribution >= 0.6 is 0 Å². The molecule has 316 valence electrons. The van der Waals surface area contributed by atoms with Gasteiger partial charge in [0.15, 0.2) is 0 Å². The predicted molar refractivity (Wildman–Crippen MR) is 210 cm³/mol. The fraction of sp³-hybridized carbons (Fsp3) is 0.634. The molecule has 0 radical (unpaired) electrons. The van der Waals surface area contributed by atoms with Crippen molar-refractivity contribution < 1.29 is 51.3 Å². The molecular weight excluding hydrogens is 774 g/mol. The van der Waals surface area contributed by atoms with Gasteiger partial charge in [-0.3, -0.25) is 24.0 Å². The molecule has 4 amide bonds. The van der Waals surface area contributed by atoms with Crippen LogP contribution in [0.1, 0.15) is 72.6 Å². The number of carbonyl (C=O) groups is 4. The summed E-state index contributed by atoms with van der Waals surface area (Å²) in [6, 6.07) is 3.54. The highest BCUT2D eigenvalue weighted by Crippen LogP contribution is 2.48. The van der Waals surface area contributed by atoms with Crippen molar-refractivity contribution in [1.82, 2.24) is 24.8 Å². The number of allylic oxidation sites excluding steroid dienone is 1. The average molecular weight is 828 g/mol. The van der Waals surface area contributed by atoms with Gasteiger partial charge in [0.2, 0.25) is 27.7 Å². The van der Waals surface area contributed by atoms with Crippen LogP contribution in [0.4, 0.5) is 9.18 Å². The van der Waals surface area contributed by atoms with Crippen LogP contribution in [0.3, 0.4) is 0 Å². The summed E-state index contributed by atoms with van der Waals surface area (Å²) in [5.41, 5.74) is -1.70. The van der Waals surface area contributed by atoms with E-state index in [1.807, 2.05) is 58.0 Å². The average Bonchev–Trinajstić information content (AvgIpc) is 4.07. The van der Waals surface area contributed by atoms with Gasteiger partial charge < -0.3 is 29.5 Å². The van der Waals surface area contributed by atoms with Crippen molar-refractivity contribution in [2.45, 2.75) is 113 Å². The topological polar surface area (TPSA) is 194 Å². The zero-order valence-electron chi connectivity index (χ0n) is 33.6. The highest BCUT2D eigenvalue weighted by molar-refractivity contribution is 7.91. The van der Waals surface area contributed by atoms with Crippen molar-refractivity contribution in [3.63, 3.8) is 0 Å². The van der Waals surface area contributed by atoms with E-state index in [0.29, 0.717) is 30.4 Å². The number of benzene rings is 1. The Kier molecular flexibility index (Phi) is 11.4. The summed E-state index contributed by atoms with van der Waals surface area (Å²) in [4.78, 5) is 64.7. The molecule has 3 aliphatic heterocycles. The molecule has 2 saturated heterocycles. The number of carbonyl (C=O) groups excluding carboxylic acids is 3. The highest BCUT2D eigenvalue weighted by Gasteiger charge is 2.64. The molecule has 5 aliphatic rings. The lowest BCUT2D eigenvalue weighted by Gasteiger charge is -2.45. The first kappa shape index (κ1) is 41.6. The number of rotatable bonds is 10. The monoisotopic (exact) mass is 827 g/mol. The zero-order chi connectivity index (χ0) is 41.7. The van der Waals surface area contributed by atoms with Crippen LogP contribution in [-0.4, -0.2) is 120 Å². The van der Waals surface area contributed by atoms with E-state index in [-0.39, 0.29) is 56.6 Å². The Hall–Kier alpha value is -4.51. The lowest BCUT2D eigenvalue weighted by Crippen LogP contribution is -2.65. The molecule has 1 unspecified atom stereocenters. The predicted octanol–water partition coefficient (Wildman–Crippen LogP) is 4.20. The van der Waals surface area contributed by atoms with Crippen molar-refractivity contribution in [2.75, 3.05) is 27.0 Å². The van der Waals surface area contributed by atoms with E-state index in [9.17, 15) is 32.3 Å². The fourth-order valence-electron chi connectivity index (χ4n) is 9.22. The molecule has 58 heavy (non-hydrogen) atoms. The summed E-state index contributed by atoms with van der Waals surface area (Å²) in [5.74, 6) is -2.83. The van der Waals surface area contributed by atoms with Crippen LogP contribution < -0.4 is 19.5 Å². The standard InChI is InChI=1S/C41H54FN5O10S/c1-23(2)33-31(57-36-29-13-9-8-12-28(29)32(55-5)19-43-36)17-30-35(48)44-41(38(50)45-58(53,54)40(22-42)14-15-40)18-26(41)11-7-6-10-24(3)16-25(4)34(37(49)47(30)33)46(39(51)52)27-20-56-21-27/h7-9,11-13,19,23-27,30-31,33-34H,6,10,14-18,20-22H2,1-5H3,(H,44,48)(H,45,50)(H,51,52)/b11-7-/t24-,25-,26-,30+,31-,33?,34+,41-/m1/s1. The number of fused-ring (bicyclic) bond motifs is 3. The molecule has 2 aromatic rings. The summed E-state index contributed by atoms with van der Waals surface area (Å²) in [6.45, 7) is 6.77. The number of nitrogens with one attached hydrogen (secondary N) is 2. The van der Waals surface area contributed by atoms with Crippen LogP contribution in [0.2, 0.25) is 0 Å². The first-order valence-electron chi connectivity index (χ1n) is 20.2. The number of nitrogens with zero attached hydrogens (tertiary/aromatic N) is 3. The van der Waals surface area contributed by atoms with E-state index in [4.69, 9.17) is 14.2 Å². The van der Waals surface area contributed by atoms with Gasteiger partial charge in [0.25, 0.3) is 5.91 Å². The second kappa shape index (κ2) is 15.9. The van der Waals surface area contributed by atoms with Gasteiger partial charge in [0.05, 0.1) is 38.6 Å². The minimum absolute atomic E-state index is 0.0545. The molecule has 2 aliphatic carbocycles. The normalized spacial score (nSPS) is 31.8. The molecule has 4 heterocycles. The number of pyridine rings is 1. The van der Waals surface area contributed by atoms with Gasteiger partial charge in [-0.1, -0.05) is 58.0 Å². The Labute approximate surface area is 338 Å². The summed E-state index contributed by atoms with van der Waals surface area (Å²) in [5, 5.41) is 14.9. The maximum Gasteiger partial charge on any atom is 0.408 e. The van der Waals surface area contributed by atoms with Crippen molar-refractivity contribution in [1.29, 1.82) is 0 Å². The number of hydrogen-bond acceptors (Lipinski definition) is 10. The lowest BCUT2D eigenvalue weighted by atomic mass is 9.86. The van der Waals surface area contributed by atoms with E-state index in [1.54, 1.807) is 6.08 Å². The second-order valence-electron chi connectivity index (χ2n) is 17.2. The van der Waals surface area contributed by atoms with E-state index in [1.165, 1.54) is 23.1 Å². The van der Waals surface area contributed by atoms with E-state index < -0.39 is 92.9 Å². The third kappa shape index (κ3) is 7.48. The van der Waals surface area contributed by atoms with E-state index in [2.05, 4.69) is 15.0 Å². The minimum atomic E-state index is -4.42. The third-order valence-electron chi connectivity index (χ3n) is 12.8. The van der Waals surface area contributed by atoms with Crippen LogP contribution in [-0.2, 0) is 29.1 Å².